The number of amides is 2. The van der Waals surface area contributed by atoms with Crippen LogP contribution in [0.4, 0.5) is 0 Å². The molecule has 0 saturated heterocycles. The van der Waals surface area contributed by atoms with Crippen molar-refractivity contribution in [2.75, 3.05) is 0 Å². The van der Waals surface area contributed by atoms with Crippen molar-refractivity contribution in [3.05, 3.63) is 69.7 Å². The second kappa shape index (κ2) is 9.05. The monoisotopic (exact) mass is 410 g/mol. The number of hydrogen-bond donors (Lipinski definition) is 2. The molecule has 0 aliphatic heterocycles. The summed E-state index contributed by atoms with van der Waals surface area (Å²) in [6.07, 6.45) is 0. The van der Waals surface area contributed by atoms with Gasteiger partial charge in [-0.3, -0.25) is 9.59 Å². The Labute approximate surface area is 175 Å². The van der Waals surface area contributed by atoms with E-state index in [1.54, 1.807) is 6.07 Å². The van der Waals surface area contributed by atoms with Gasteiger partial charge in [0.2, 0.25) is 5.91 Å². The largest absolute Gasteiger partial charge is 0.350 e. The van der Waals surface area contributed by atoms with E-state index in [9.17, 15) is 9.59 Å². The van der Waals surface area contributed by atoms with Crippen LogP contribution in [-0.4, -0.2) is 27.6 Å². The normalized spacial score (nSPS) is 12.0. The van der Waals surface area contributed by atoms with Gasteiger partial charge >= 0.3 is 0 Å². The lowest BCUT2D eigenvalue weighted by Gasteiger charge is -2.21. The Bertz CT molecular complexity index is 978. The number of thiophene rings is 1. The number of aryl methyl sites for hydroxylation is 1. The zero-order valence-corrected chi connectivity index (χ0v) is 17.9. The minimum absolute atomic E-state index is 0.0341. The first-order valence-corrected chi connectivity index (χ1v) is 10.5. The Kier molecular flexibility index (Phi) is 6.49. The van der Waals surface area contributed by atoms with Crippen LogP contribution in [0, 0.1) is 19.8 Å². The molecule has 0 fully saturated rings. The van der Waals surface area contributed by atoms with Gasteiger partial charge in [0.15, 0.2) is 0 Å². The number of benzene rings is 1. The average molecular weight is 411 g/mol. The van der Waals surface area contributed by atoms with Gasteiger partial charge in [-0.1, -0.05) is 38.1 Å². The van der Waals surface area contributed by atoms with E-state index in [-0.39, 0.29) is 17.7 Å². The highest BCUT2D eigenvalue weighted by molar-refractivity contribution is 7.12. The summed E-state index contributed by atoms with van der Waals surface area (Å²) < 4.78 is 1.88. The summed E-state index contributed by atoms with van der Waals surface area (Å²) in [5.74, 6) is -0.456. The van der Waals surface area contributed by atoms with Crippen molar-refractivity contribution in [2.45, 2.75) is 40.3 Å². The van der Waals surface area contributed by atoms with Gasteiger partial charge < -0.3 is 10.6 Å². The molecule has 0 aliphatic carbocycles. The van der Waals surface area contributed by atoms with Crippen LogP contribution in [0.25, 0.3) is 5.69 Å². The number of nitrogens with one attached hydrogen (secondary N) is 2. The minimum atomic E-state index is -0.602. The summed E-state index contributed by atoms with van der Waals surface area (Å²) in [4.78, 5) is 25.8. The second-order valence-corrected chi connectivity index (χ2v) is 8.23. The van der Waals surface area contributed by atoms with Crippen molar-refractivity contribution < 1.29 is 9.59 Å². The number of rotatable bonds is 7. The molecule has 0 saturated carbocycles. The Hall–Kier alpha value is -2.93. The Morgan fingerprint density at radius 2 is 1.83 bits per heavy atom. The predicted octanol–water partition coefficient (Wildman–Crippen LogP) is 3.62. The third-order valence-electron chi connectivity index (χ3n) is 4.86. The van der Waals surface area contributed by atoms with Gasteiger partial charge in [-0.05, 0) is 43.3 Å². The first-order valence-electron chi connectivity index (χ1n) is 9.61. The summed E-state index contributed by atoms with van der Waals surface area (Å²) in [6, 6.07) is 12.9. The smallest absolute Gasteiger partial charge is 0.262 e. The van der Waals surface area contributed by atoms with Crippen molar-refractivity contribution in [3.63, 3.8) is 0 Å². The highest BCUT2D eigenvalue weighted by Crippen LogP contribution is 2.18. The van der Waals surface area contributed by atoms with Crippen molar-refractivity contribution in [2.24, 2.45) is 5.92 Å². The van der Waals surface area contributed by atoms with Gasteiger partial charge in [-0.2, -0.15) is 5.10 Å². The molecular formula is C22H26N4O2S. The van der Waals surface area contributed by atoms with Crippen molar-refractivity contribution in [1.82, 2.24) is 20.4 Å². The molecule has 1 atom stereocenters. The molecule has 2 N–H and O–H groups in total. The lowest BCUT2D eigenvalue weighted by atomic mass is 10.0. The van der Waals surface area contributed by atoms with Gasteiger partial charge in [0.05, 0.1) is 16.3 Å². The number of carbonyl (C=O) groups is 2. The standard InChI is InChI=1S/C22H26N4O2S/c1-14(2)20(24-21(27)19-11-8-12-29-19)22(28)23-13-18-15(3)25-26(16(18)4)17-9-6-5-7-10-17/h5-12,14,20H,13H2,1-4H3,(H,23,28)(H,24,27)/t20-/m0/s1. The molecule has 29 heavy (non-hydrogen) atoms. The van der Waals surface area contributed by atoms with E-state index >= 15 is 0 Å². The van der Waals surface area contributed by atoms with Gasteiger partial charge in [0, 0.05) is 17.8 Å². The summed E-state index contributed by atoms with van der Waals surface area (Å²) in [6.45, 7) is 8.13. The number of hydrogen-bond acceptors (Lipinski definition) is 4. The molecule has 7 heteroatoms. The molecule has 0 aliphatic rings. The Morgan fingerprint density at radius 3 is 2.45 bits per heavy atom. The Balaban J connectivity index is 1.70. The first kappa shape index (κ1) is 20.8. The fourth-order valence-corrected chi connectivity index (χ4v) is 3.82. The molecule has 152 valence electrons. The van der Waals surface area contributed by atoms with E-state index in [1.165, 1.54) is 11.3 Å². The quantitative estimate of drug-likeness (QED) is 0.625. The summed E-state index contributed by atoms with van der Waals surface area (Å²) in [7, 11) is 0. The molecule has 0 radical (unpaired) electrons. The van der Waals surface area contributed by atoms with Crippen molar-refractivity contribution >= 4 is 23.2 Å². The fraction of sp³-hybridized carbons (Fsp3) is 0.318. The van der Waals surface area contributed by atoms with Crippen LogP contribution in [0.2, 0.25) is 0 Å². The van der Waals surface area contributed by atoms with E-state index < -0.39 is 6.04 Å². The number of nitrogens with zero attached hydrogens (tertiary/aromatic N) is 2. The highest BCUT2D eigenvalue weighted by atomic mass is 32.1. The molecule has 6 nitrogen and oxygen atoms in total. The van der Waals surface area contributed by atoms with E-state index in [2.05, 4.69) is 15.7 Å². The summed E-state index contributed by atoms with van der Waals surface area (Å²) in [5.41, 5.74) is 3.82. The maximum absolute atomic E-state index is 12.8. The molecular weight excluding hydrogens is 384 g/mol. The van der Waals surface area contributed by atoms with Crippen LogP contribution in [0.1, 0.15) is 40.5 Å². The van der Waals surface area contributed by atoms with E-state index in [4.69, 9.17) is 0 Å². The molecule has 3 rings (SSSR count). The zero-order valence-electron chi connectivity index (χ0n) is 17.1. The topological polar surface area (TPSA) is 76.0 Å². The van der Waals surface area contributed by atoms with E-state index in [0.717, 1.165) is 22.6 Å². The lowest BCUT2D eigenvalue weighted by Crippen LogP contribution is -2.49. The van der Waals surface area contributed by atoms with Gasteiger partial charge in [0.1, 0.15) is 6.04 Å². The van der Waals surface area contributed by atoms with Crippen molar-refractivity contribution in [3.8, 4) is 5.69 Å². The van der Waals surface area contributed by atoms with Crippen LogP contribution >= 0.6 is 11.3 Å². The molecule has 2 amide bonds. The number of para-hydroxylation sites is 1. The van der Waals surface area contributed by atoms with Gasteiger partial charge in [0.25, 0.3) is 5.91 Å². The molecule has 1 aromatic carbocycles. The number of aromatic nitrogens is 2. The van der Waals surface area contributed by atoms with Crippen LogP contribution < -0.4 is 10.6 Å². The Morgan fingerprint density at radius 1 is 1.10 bits per heavy atom. The third-order valence-corrected chi connectivity index (χ3v) is 5.73. The molecule has 0 bridgehead atoms. The van der Waals surface area contributed by atoms with Gasteiger partial charge in [-0.25, -0.2) is 4.68 Å². The number of carbonyl (C=O) groups excluding carboxylic acids is 2. The van der Waals surface area contributed by atoms with Crippen LogP contribution in [-0.2, 0) is 11.3 Å². The summed E-state index contributed by atoms with van der Waals surface area (Å²) in [5, 5.41) is 12.3. The maximum atomic E-state index is 12.8. The fourth-order valence-electron chi connectivity index (χ4n) is 3.19. The molecule has 2 heterocycles. The first-order chi connectivity index (χ1) is 13.9. The average Bonchev–Trinajstić information content (AvgIpc) is 3.33. The molecule has 3 aromatic rings. The van der Waals surface area contributed by atoms with E-state index in [1.807, 2.05) is 74.2 Å². The lowest BCUT2D eigenvalue weighted by molar-refractivity contribution is -0.124. The minimum Gasteiger partial charge on any atom is -0.350 e. The SMILES string of the molecule is Cc1nn(-c2ccccc2)c(C)c1CNC(=O)[C@@H](NC(=O)c1cccs1)C(C)C. The van der Waals surface area contributed by atoms with E-state index in [0.29, 0.717) is 11.4 Å². The van der Waals surface area contributed by atoms with Crippen LogP contribution in [0.3, 0.4) is 0 Å². The van der Waals surface area contributed by atoms with Gasteiger partial charge in [-0.15, -0.1) is 11.3 Å². The van der Waals surface area contributed by atoms with Crippen LogP contribution in [0.15, 0.2) is 47.8 Å². The zero-order chi connectivity index (χ0) is 21.0. The molecule has 0 spiro atoms. The molecule has 2 aromatic heterocycles. The third kappa shape index (κ3) is 4.74. The highest BCUT2D eigenvalue weighted by Gasteiger charge is 2.25. The van der Waals surface area contributed by atoms with Crippen LogP contribution in [0.5, 0.6) is 0 Å². The molecule has 0 unspecified atom stereocenters. The summed E-state index contributed by atoms with van der Waals surface area (Å²) >= 11 is 1.36. The predicted molar refractivity (Wildman–Crippen MR) is 115 cm³/mol. The maximum Gasteiger partial charge on any atom is 0.262 e. The van der Waals surface area contributed by atoms with Crippen molar-refractivity contribution in [1.29, 1.82) is 0 Å². The second-order valence-electron chi connectivity index (χ2n) is 7.29.